The Balaban J connectivity index is 1.51. The molecule has 1 saturated heterocycles. The van der Waals surface area contributed by atoms with Crippen molar-refractivity contribution in [2.75, 3.05) is 6.54 Å². The van der Waals surface area contributed by atoms with Crippen LogP contribution in [0.1, 0.15) is 71.3 Å². The third kappa shape index (κ3) is 6.53. The van der Waals surface area contributed by atoms with Crippen molar-refractivity contribution in [2.24, 2.45) is 11.3 Å². The molecule has 2 unspecified atom stereocenters. The van der Waals surface area contributed by atoms with Gasteiger partial charge in [0.1, 0.15) is 35.1 Å². The number of rotatable bonds is 9. The maximum Gasteiger partial charge on any atom is 0.408 e. The summed E-state index contributed by atoms with van der Waals surface area (Å²) in [5, 5.41) is 3.28. The van der Waals surface area contributed by atoms with Crippen LogP contribution in [0.4, 0.5) is 13.6 Å². The average molecular weight is 630 g/mol. The molecule has 1 aliphatic heterocycles. The molecule has 0 bridgehead atoms. The molecular formula is C29H39ClF2N3O6P. The molecule has 3 fully saturated rings. The fourth-order valence-corrected chi connectivity index (χ4v) is 8.55. The molecule has 2 saturated carbocycles. The Morgan fingerprint density at radius 2 is 1.90 bits per heavy atom. The molecule has 5 atom stereocenters. The number of hydrogen-bond acceptors (Lipinski definition) is 5. The molecule has 2 aliphatic carbocycles. The predicted molar refractivity (Wildman–Crippen MR) is 154 cm³/mol. The first-order chi connectivity index (χ1) is 19.6. The Morgan fingerprint density at radius 1 is 1.24 bits per heavy atom. The standard InChI is InChI=1S/C29H39ClF2N3O6P/c1-5-17-15-29(17,42(39,40)16-19-21(31)13-12-20(30)23(19)32)34-25(36)22-11-8-14-35(22)26(37)24(28(2,3)4)33-27(38)41-18-9-6-7-10-18/h5,12-13,17-18,22,24H,1,6-11,14-16H2,2-4H3,(H,33,38)(H,34,36)(H,39,40)/t17-,22+,24?,29+/m1/s1. The minimum absolute atomic E-state index is 0.0413. The van der Waals surface area contributed by atoms with Gasteiger partial charge in [0.15, 0.2) is 0 Å². The van der Waals surface area contributed by atoms with Gasteiger partial charge in [0.2, 0.25) is 19.2 Å². The van der Waals surface area contributed by atoms with Crippen molar-refractivity contribution in [3.63, 3.8) is 0 Å². The molecule has 1 aromatic rings. The van der Waals surface area contributed by atoms with Crippen molar-refractivity contribution in [1.29, 1.82) is 0 Å². The van der Waals surface area contributed by atoms with Gasteiger partial charge in [-0.2, -0.15) is 0 Å². The van der Waals surface area contributed by atoms with Gasteiger partial charge in [-0.1, -0.05) is 38.4 Å². The van der Waals surface area contributed by atoms with Crippen LogP contribution in [0, 0.1) is 23.0 Å². The van der Waals surface area contributed by atoms with Crippen LogP contribution in [-0.4, -0.2) is 57.7 Å². The number of ether oxygens (including phenoxy) is 1. The third-order valence-corrected chi connectivity index (χ3v) is 11.4. The summed E-state index contributed by atoms with van der Waals surface area (Å²) in [6.07, 6.45) is 3.98. The number of benzene rings is 1. The second-order valence-corrected chi connectivity index (χ2v) is 15.5. The normalized spacial score (nSPS) is 26.3. The van der Waals surface area contributed by atoms with E-state index in [9.17, 15) is 32.6 Å². The highest BCUT2D eigenvalue weighted by atomic mass is 35.5. The molecule has 232 valence electrons. The topological polar surface area (TPSA) is 125 Å². The van der Waals surface area contributed by atoms with Crippen LogP contribution in [0.3, 0.4) is 0 Å². The summed E-state index contributed by atoms with van der Waals surface area (Å²) in [5.74, 6) is -3.91. The predicted octanol–water partition coefficient (Wildman–Crippen LogP) is 5.48. The quantitative estimate of drug-likeness (QED) is 0.189. The van der Waals surface area contributed by atoms with Crippen LogP contribution in [0.2, 0.25) is 5.02 Å². The number of hydrogen-bond donors (Lipinski definition) is 3. The smallest absolute Gasteiger partial charge is 0.408 e. The lowest BCUT2D eigenvalue weighted by Gasteiger charge is -2.36. The van der Waals surface area contributed by atoms with E-state index in [2.05, 4.69) is 17.2 Å². The number of alkyl carbamates (subject to hydrolysis) is 1. The van der Waals surface area contributed by atoms with E-state index in [1.165, 1.54) is 11.0 Å². The van der Waals surface area contributed by atoms with E-state index in [0.717, 1.165) is 37.8 Å². The SMILES string of the molecule is C=C[C@@H]1C[C@]1(NC(=O)[C@@H]1CCCN1C(=O)C(NC(=O)OC1CCCC1)C(C)(C)C)P(=O)(O)Cc1c(F)ccc(Cl)c1F. The minimum Gasteiger partial charge on any atom is -0.446 e. The van der Waals surface area contributed by atoms with Crippen molar-refractivity contribution >= 4 is 36.9 Å². The van der Waals surface area contributed by atoms with Gasteiger partial charge in [-0.25, -0.2) is 13.6 Å². The van der Waals surface area contributed by atoms with E-state index in [0.29, 0.717) is 12.8 Å². The molecule has 9 nitrogen and oxygen atoms in total. The van der Waals surface area contributed by atoms with E-state index < -0.39 is 82.4 Å². The zero-order chi connectivity index (χ0) is 31.0. The number of likely N-dealkylation sites (tertiary alicyclic amines) is 1. The monoisotopic (exact) mass is 629 g/mol. The van der Waals surface area contributed by atoms with Crippen molar-refractivity contribution in [2.45, 2.75) is 95.3 Å². The molecule has 42 heavy (non-hydrogen) atoms. The average Bonchev–Trinajstić information content (AvgIpc) is 3.24. The number of amides is 3. The van der Waals surface area contributed by atoms with Crippen molar-refractivity contribution in [1.82, 2.24) is 15.5 Å². The molecule has 3 aliphatic rings. The Bertz CT molecular complexity index is 1300. The fourth-order valence-electron chi connectivity index (χ4n) is 5.98. The van der Waals surface area contributed by atoms with Crippen LogP contribution in [-0.2, 0) is 25.1 Å². The summed E-state index contributed by atoms with van der Waals surface area (Å²) in [6.45, 7) is 9.30. The molecule has 0 aromatic heterocycles. The van der Waals surface area contributed by atoms with E-state index >= 15 is 0 Å². The van der Waals surface area contributed by atoms with Crippen LogP contribution in [0.5, 0.6) is 0 Å². The van der Waals surface area contributed by atoms with E-state index in [1.807, 2.05) is 0 Å². The highest BCUT2D eigenvalue weighted by Gasteiger charge is 2.66. The first-order valence-electron chi connectivity index (χ1n) is 14.3. The summed E-state index contributed by atoms with van der Waals surface area (Å²) in [5.41, 5.74) is -1.36. The Morgan fingerprint density at radius 3 is 2.50 bits per heavy atom. The van der Waals surface area contributed by atoms with E-state index in [-0.39, 0.29) is 19.1 Å². The van der Waals surface area contributed by atoms with Crippen LogP contribution >= 0.6 is 19.0 Å². The number of nitrogens with one attached hydrogen (secondary N) is 2. The third-order valence-electron chi connectivity index (χ3n) is 8.53. The zero-order valence-corrected chi connectivity index (χ0v) is 25.8. The molecule has 4 rings (SSSR count). The molecule has 0 spiro atoms. The van der Waals surface area contributed by atoms with Gasteiger partial charge in [-0.15, -0.1) is 6.58 Å². The lowest BCUT2D eigenvalue weighted by Crippen LogP contribution is -2.58. The molecule has 1 aromatic carbocycles. The van der Waals surface area contributed by atoms with E-state index in [4.69, 9.17) is 16.3 Å². The number of carbonyl (C=O) groups excluding carboxylic acids is 3. The molecule has 1 heterocycles. The summed E-state index contributed by atoms with van der Waals surface area (Å²) in [6, 6.07) is -0.0420. The highest BCUT2D eigenvalue weighted by molar-refractivity contribution is 7.59. The van der Waals surface area contributed by atoms with Crippen molar-refractivity contribution in [3.05, 3.63) is 47.0 Å². The van der Waals surface area contributed by atoms with Gasteiger partial charge in [0.05, 0.1) is 11.2 Å². The summed E-state index contributed by atoms with van der Waals surface area (Å²) in [7, 11) is -4.49. The Labute approximate surface area is 249 Å². The fraction of sp³-hybridized carbons (Fsp3) is 0.621. The molecule has 0 radical (unpaired) electrons. The molecule has 13 heteroatoms. The Hall–Kier alpha value is -2.49. The lowest BCUT2D eigenvalue weighted by atomic mass is 9.85. The van der Waals surface area contributed by atoms with Crippen LogP contribution in [0.25, 0.3) is 0 Å². The van der Waals surface area contributed by atoms with Crippen molar-refractivity contribution in [3.8, 4) is 0 Å². The lowest BCUT2D eigenvalue weighted by molar-refractivity contribution is -0.142. The zero-order valence-electron chi connectivity index (χ0n) is 24.1. The van der Waals surface area contributed by atoms with Gasteiger partial charge < -0.3 is 25.2 Å². The van der Waals surface area contributed by atoms with Gasteiger partial charge in [0.25, 0.3) is 0 Å². The maximum atomic E-state index is 14.6. The number of halogens is 3. The summed E-state index contributed by atoms with van der Waals surface area (Å²) < 4.78 is 48.3. The Kier molecular flexibility index (Phi) is 9.46. The second-order valence-electron chi connectivity index (χ2n) is 12.6. The first kappa shape index (κ1) is 32.4. The van der Waals surface area contributed by atoms with Gasteiger partial charge in [-0.05, 0) is 62.5 Å². The van der Waals surface area contributed by atoms with Gasteiger partial charge in [0, 0.05) is 18.0 Å². The molecular weight excluding hydrogens is 591 g/mol. The van der Waals surface area contributed by atoms with Crippen LogP contribution in [0.15, 0.2) is 24.8 Å². The highest BCUT2D eigenvalue weighted by Crippen LogP contribution is 2.71. The number of nitrogens with zero attached hydrogens (tertiary/aromatic N) is 1. The molecule has 3 amide bonds. The summed E-state index contributed by atoms with van der Waals surface area (Å²) in [4.78, 5) is 52.6. The van der Waals surface area contributed by atoms with Gasteiger partial charge >= 0.3 is 6.09 Å². The van der Waals surface area contributed by atoms with Crippen molar-refractivity contribution < 1.29 is 37.4 Å². The van der Waals surface area contributed by atoms with Gasteiger partial charge in [-0.3, -0.25) is 14.2 Å². The minimum atomic E-state index is -4.49. The molecule has 3 N–H and O–H groups in total. The largest absolute Gasteiger partial charge is 0.446 e. The first-order valence-corrected chi connectivity index (χ1v) is 16.5. The number of carbonyl (C=O) groups is 3. The second kappa shape index (κ2) is 12.2. The van der Waals surface area contributed by atoms with E-state index in [1.54, 1.807) is 20.8 Å². The van der Waals surface area contributed by atoms with Crippen LogP contribution < -0.4 is 10.6 Å². The summed E-state index contributed by atoms with van der Waals surface area (Å²) >= 11 is 5.78. The maximum absolute atomic E-state index is 14.6.